The molecule has 0 heterocycles. The molecule has 0 saturated heterocycles. The highest BCUT2D eigenvalue weighted by molar-refractivity contribution is 5.49. The molecule has 0 radical (unpaired) electrons. The van der Waals surface area contributed by atoms with Gasteiger partial charge in [-0.2, -0.15) is 0 Å². The highest BCUT2D eigenvalue weighted by atomic mass is 16.5. The number of nitrogens with one attached hydrogen (secondary N) is 1. The molecule has 0 aromatic heterocycles. The van der Waals surface area contributed by atoms with E-state index in [2.05, 4.69) is 29.6 Å². The van der Waals surface area contributed by atoms with Gasteiger partial charge in [0.1, 0.15) is 5.75 Å². The summed E-state index contributed by atoms with van der Waals surface area (Å²) < 4.78 is 5.22. The largest absolute Gasteiger partial charge is 0.497 e. The lowest BCUT2D eigenvalue weighted by Crippen LogP contribution is -2.30. The van der Waals surface area contributed by atoms with E-state index in [-0.39, 0.29) is 6.04 Å². The Labute approximate surface area is 114 Å². The quantitative estimate of drug-likeness (QED) is 0.835. The van der Waals surface area contributed by atoms with E-state index in [9.17, 15) is 0 Å². The minimum absolute atomic E-state index is 0.217. The van der Waals surface area contributed by atoms with Gasteiger partial charge in [0.2, 0.25) is 0 Å². The van der Waals surface area contributed by atoms with Crippen LogP contribution in [0.15, 0.2) is 54.6 Å². The van der Waals surface area contributed by atoms with Crippen molar-refractivity contribution in [2.24, 2.45) is 5.73 Å². The fourth-order valence-electron chi connectivity index (χ4n) is 2.04. The van der Waals surface area contributed by atoms with Crippen molar-refractivity contribution in [3.8, 4) is 5.75 Å². The summed E-state index contributed by atoms with van der Waals surface area (Å²) in [6.07, 6.45) is 0.911. The first-order chi connectivity index (χ1) is 9.31. The summed E-state index contributed by atoms with van der Waals surface area (Å²) in [6, 6.07) is 18.5. The maximum absolute atomic E-state index is 5.85. The molecule has 1 unspecified atom stereocenters. The third kappa shape index (κ3) is 4.00. The number of benzene rings is 2. The second-order valence-electron chi connectivity index (χ2n) is 4.50. The summed E-state index contributed by atoms with van der Waals surface area (Å²) in [5, 5.41) is 3.45. The van der Waals surface area contributed by atoms with E-state index in [1.165, 1.54) is 5.56 Å². The molecule has 0 aliphatic carbocycles. The Balaban J connectivity index is 2.02. The number of hydrogen-bond donors (Lipinski definition) is 2. The van der Waals surface area contributed by atoms with Gasteiger partial charge >= 0.3 is 0 Å². The lowest BCUT2D eigenvalue weighted by atomic mass is 10.1. The van der Waals surface area contributed by atoms with Gasteiger partial charge in [0.15, 0.2) is 0 Å². The lowest BCUT2D eigenvalue weighted by molar-refractivity contribution is 0.415. The molecule has 3 heteroatoms. The molecule has 1 atom stereocenters. The Kier molecular flexibility index (Phi) is 4.81. The first-order valence-corrected chi connectivity index (χ1v) is 6.46. The molecule has 3 nitrogen and oxygen atoms in total. The van der Waals surface area contributed by atoms with E-state index in [0.717, 1.165) is 17.9 Å². The van der Waals surface area contributed by atoms with E-state index in [1.54, 1.807) is 7.11 Å². The van der Waals surface area contributed by atoms with Crippen LogP contribution in [-0.2, 0) is 6.42 Å². The number of nitrogens with two attached hydrogens (primary N) is 1. The summed E-state index contributed by atoms with van der Waals surface area (Å²) in [7, 11) is 1.67. The molecular weight excluding hydrogens is 236 g/mol. The van der Waals surface area contributed by atoms with Gasteiger partial charge < -0.3 is 15.8 Å². The predicted octanol–water partition coefficient (Wildman–Crippen LogP) is 2.68. The predicted molar refractivity (Wildman–Crippen MR) is 79.6 cm³/mol. The van der Waals surface area contributed by atoms with Crippen LogP contribution < -0.4 is 15.8 Å². The zero-order valence-corrected chi connectivity index (χ0v) is 11.2. The standard InChI is InChI=1S/C16H20N2O/c1-19-16-9-5-8-14(11-16)18-15(12-17)10-13-6-3-2-4-7-13/h2-9,11,15,18H,10,12,17H2,1H3. The Morgan fingerprint density at radius 1 is 1.11 bits per heavy atom. The van der Waals surface area contributed by atoms with Crippen molar-refractivity contribution in [2.45, 2.75) is 12.5 Å². The zero-order chi connectivity index (χ0) is 13.5. The summed E-state index contributed by atoms with van der Waals surface area (Å²) in [6.45, 7) is 0.589. The number of methoxy groups -OCH3 is 1. The summed E-state index contributed by atoms with van der Waals surface area (Å²) in [5.74, 6) is 0.848. The molecule has 19 heavy (non-hydrogen) atoms. The maximum Gasteiger partial charge on any atom is 0.120 e. The van der Waals surface area contributed by atoms with Crippen LogP contribution in [0.3, 0.4) is 0 Å². The molecule has 0 aliphatic rings. The number of rotatable bonds is 6. The van der Waals surface area contributed by atoms with E-state index in [0.29, 0.717) is 6.54 Å². The van der Waals surface area contributed by atoms with Crippen molar-refractivity contribution in [3.63, 3.8) is 0 Å². The van der Waals surface area contributed by atoms with Crippen molar-refractivity contribution in [1.29, 1.82) is 0 Å². The van der Waals surface area contributed by atoms with Crippen molar-refractivity contribution in [3.05, 3.63) is 60.2 Å². The Morgan fingerprint density at radius 3 is 2.58 bits per heavy atom. The van der Waals surface area contributed by atoms with Gasteiger partial charge in [-0.3, -0.25) is 0 Å². The van der Waals surface area contributed by atoms with Crippen LogP contribution in [0, 0.1) is 0 Å². The summed E-state index contributed by atoms with van der Waals surface area (Å²) in [5.41, 5.74) is 8.16. The molecule has 2 rings (SSSR count). The Hall–Kier alpha value is -2.00. The molecule has 0 amide bonds. The molecule has 0 saturated carbocycles. The Bertz CT molecular complexity index is 499. The van der Waals surface area contributed by atoms with Gasteiger partial charge in [-0.1, -0.05) is 36.4 Å². The zero-order valence-electron chi connectivity index (χ0n) is 11.2. The van der Waals surface area contributed by atoms with Gasteiger partial charge in [-0.15, -0.1) is 0 Å². The molecule has 3 N–H and O–H groups in total. The fourth-order valence-corrected chi connectivity index (χ4v) is 2.04. The number of hydrogen-bond acceptors (Lipinski definition) is 3. The molecular formula is C16H20N2O. The molecule has 0 aliphatic heterocycles. The van der Waals surface area contributed by atoms with Gasteiger partial charge in [0.25, 0.3) is 0 Å². The molecule has 0 fully saturated rings. The highest BCUT2D eigenvalue weighted by Gasteiger charge is 2.07. The van der Waals surface area contributed by atoms with Crippen LogP contribution in [0.1, 0.15) is 5.56 Å². The fraction of sp³-hybridized carbons (Fsp3) is 0.250. The van der Waals surface area contributed by atoms with E-state index in [4.69, 9.17) is 10.5 Å². The van der Waals surface area contributed by atoms with Gasteiger partial charge in [0.05, 0.1) is 7.11 Å². The third-order valence-electron chi connectivity index (χ3n) is 3.05. The number of ether oxygens (including phenoxy) is 1. The van der Waals surface area contributed by atoms with Gasteiger partial charge in [-0.05, 0) is 24.1 Å². The topological polar surface area (TPSA) is 47.3 Å². The molecule has 2 aromatic carbocycles. The van der Waals surface area contributed by atoms with Crippen molar-refractivity contribution in [2.75, 3.05) is 19.0 Å². The second-order valence-corrected chi connectivity index (χ2v) is 4.50. The van der Waals surface area contributed by atoms with Gasteiger partial charge in [-0.25, -0.2) is 0 Å². The SMILES string of the molecule is COc1cccc(NC(CN)Cc2ccccc2)c1. The average Bonchev–Trinajstić information content (AvgIpc) is 2.48. The molecule has 0 spiro atoms. The smallest absolute Gasteiger partial charge is 0.120 e. The lowest BCUT2D eigenvalue weighted by Gasteiger charge is -2.18. The normalized spacial score (nSPS) is 11.9. The summed E-state index contributed by atoms with van der Waals surface area (Å²) >= 11 is 0. The highest BCUT2D eigenvalue weighted by Crippen LogP contribution is 2.18. The van der Waals surface area contributed by atoms with Gasteiger partial charge in [0, 0.05) is 24.3 Å². The van der Waals surface area contributed by atoms with Crippen LogP contribution in [-0.4, -0.2) is 19.7 Å². The van der Waals surface area contributed by atoms with Crippen LogP contribution in [0.25, 0.3) is 0 Å². The maximum atomic E-state index is 5.85. The van der Waals surface area contributed by atoms with Crippen LogP contribution in [0.2, 0.25) is 0 Å². The molecule has 2 aromatic rings. The van der Waals surface area contributed by atoms with Crippen LogP contribution in [0.5, 0.6) is 5.75 Å². The average molecular weight is 256 g/mol. The second kappa shape index (κ2) is 6.81. The van der Waals surface area contributed by atoms with E-state index < -0.39 is 0 Å². The summed E-state index contributed by atoms with van der Waals surface area (Å²) in [4.78, 5) is 0. The minimum Gasteiger partial charge on any atom is -0.497 e. The van der Waals surface area contributed by atoms with Crippen molar-refractivity contribution in [1.82, 2.24) is 0 Å². The van der Waals surface area contributed by atoms with Crippen molar-refractivity contribution >= 4 is 5.69 Å². The molecule has 0 bridgehead atoms. The van der Waals surface area contributed by atoms with E-state index >= 15 is 0 Å². The number of anilines is 1. The van der Waals surface area contributed by atoms with Crippen LogP contribution >= 0.6 is 0 Å². The van der Waals surface area contributed by atoms with Crippen LogP contribution in [0.4, 0.5) is 5.69 Å². The third-order valence-corrected chi connectivity index (χ3v) is 3.05. The Morgan fingerprint density at radius 2 is 1.89 bits per heavy atom. The monoisotopic (exact) mass is 256 g/mol. The van der Waals surface area contributed by atoms with E-state index in [1.807, 2.05) is 30.3 Å². The first-order valence-electron chi connectivity index (χ1n) is 6.46. The molecule has 100 valence electrons. The minimum atomic E-state index is 0.217. The van der Waals surface area contributed by atoms with Crippen molar-refractivity contribution < 1.29 is 4.74 Å². The first kappa shape index (κ1) is 13.4.